The van der Waals surface area contributed by atoms with E-state index in [0.29, 0.717) is 17.4 Å². The molecule has 17 heavy (non-hydrogen) atoms. The lowest BCUT2D eigenvalue weighted by Gasteiger charge is -2.05. The van der Waals surface area contributed by atoms with Gasteiger partial charge >= 0.3 is 5.69 Å². The molecule has 3 nitrogen and oxygen atoms in total. The van der Waals surface area contributed by atoms with Gasteiger partial charge in [-0.15, -0.1) is 6.58 Å². The Morgan fingerprint density at radius 2 is 2.29 bits per heavy atom. The summed E-state index contributed by atoms with van der Waals surface area (Å²) in [4.78, 5) is 15.6. The molecule has 0 radical (unpaired) electrons. The maximum Gasteiger partial charge on any atom is 0.348 e. The fourth-order valence-corrected chi connectivity index (χ4v) is 1.69. The molecule has 4 heteroatoms. The average Bonchev–Trinajstić information content (AvgIpc) is 2.31. The lowest BCUT2D eigenvalue weighted by Crippen LogP contribution is -2.22. The first-order valence-electron chi connectivity index (χ1n) is 5.48. The Hall–Kier alpha value is -1.97. The van der Waals surface area contributed by atoms with Crippen molar-refractivity contribution in [2.45, 2.75) is 19.4 Å². The summed E-state index contributed by atoms with van der Waals surface area (Å²) in [5.74, 6) is -0.324. The van der Waals surface area contributed by atoms with Crippen LogP contribution in [0.5, 0.6) is 0 Å². The van der Waals surface area contributed by atoms with Crippen LogP contribution in [0.4, 0.5) is 4.39 Å². The van der Waals surface area contributed by atoms with Crippen LogP contribution in [0.2, 0.25) is 0 Å². The summed E-state index contributed by atoms with van der Waals surface area (Å²) in [5, 5.41) is 0.642. The summed E-state index contributed by atoms with van der Waals surface area (Å²) in [6.45, 7) is 4.20. The Morgan fingerprint density at radius 3 is 3.06 bits per heavy atom. The summed E-state index contributed by atoms with van der Waals surface area (Å²) in [6, 6.07) is 4.20. The molecule has 88 valence electrons. The van der Waals surface area contributed by atoms with Gasteiger partial charge in [0.1, 0.15) is 5.82 Å². The molecule has 0 saturated heterocycles. The third kappa shape index (κ3) is 2.58. The number of aryl methyl sites for hydroxylation is 1. The van der Waals surface area contributed by atoms with Crippen molar-refractivity contribution in [3.05, 3.63) is 53.4 Å². The van der Waals surface area contributed by atoms with Crippen LogP contribution >= 0.6 is 0 Å². The third-order valence-electron chi connectivity index (χ3n) is 2.55. The normalized spacial score (nSPS) is 10.6. The molecule has 1 heterocycles. The van der Waals surface area contributed by atoms with E-state index in [0.717, 1.165) is 12.8 Å². The highest BCUT2D eigenvalue weighted by molar-refractivity contribution is 5.77. The van der Waals surface area contributed by atoms with Crippen LogP contribution in [-0.2, 0) is 6.54 Å². The molecule has 0 spiro atoms. The minimum absolute atomic E-state index is 0.298. The van der Waals surface area contributed by atoms with Gasteiger partial charge in [0.25, 0.3) is 0 Å². The molecule has 2 aromatic rings. The van der Waals surface area contributed by atoms with Crippen LogP contribution in [0.25, 0.3) is 10.9 Å². The zero-order valence-electron chi connectivity index (χ0n) is 9.40. The van der Waals surface area contributed by atoms with Crippen molar-refractivity contribution in [3.8, 4) is 0 Å². The van der Waals surface area contributed by atoms with Crippen molar-refractivity contribution in [1.29, 1.82) is 0 Å². The van der Waals surface area contributed by atoms with E-state index in [1.165, 1.54) is 22.8 Å². The molecule has 2 rings (SSSR count). The smallest absolute Gasteiger partial charge is 0.299 e. The number of unbranched alkanes of at least 4 members (excludes halogenated alkanes) is 1. The largest absolute Gasteiger partial charge is 0.348 e. The van der Waals surface area contributed by atoms with Crippen LogP contribution in [0, 0.1) is 5.82 Å². The van der Waals surface area contributed by atoms with E-state index >= 15 is 0 Å². The molecule has 0 atom stereocenters. The van der Waals surface area contributed by atoms with Gasteiger partial charge in [-0.05, 0) is 31.0 Å². The quantitative estimate of drug-likeness (QED) is 0.599. The van der Waals surface area contributed by atoms with Crippen LogP contribution < -0.4 is 5.69 Å². The Kier molecular flexibility index (Phi) is 3.32. The summed E-state index contributed by atoms with van der Waals surface area (Å²) >= 11 is 0. The fraction of sp³-hybridized carbons (Fsp3) is 0.231. The third-order valence-corrected chi connectivity index (χ3v) is 2.55. The summed E-state index contributed by atoms with van der Waals surface area (Å²) < 4.78 is 14.6. The minimum Gasteiger partial charge on any atom is -0.299 e. The number of fused-ring (bicyclic) bond motifs is 1. The van der Waals surface area contributed by atoms with Crippen molar-refractivity contribution in [2.75, 3.05) is 0 Å². The first kappa shape index (κ1) is 11.5. The number of allylic oxidation sites excluding steroid dienone is 1. The van der Waals surface area contributed by atoms with E-state index in [4.69, 9.17) is 0 Å². The maximum atomic E-state index is 13.0. The second kappa shape index (κ2) is 4.91. The van der Waals surface area contributed by atoms with Gasteiger partial charge in [0.15, 0.2) is 0 Å². The zero-order chi connectivity index (χ0) is 12.3. The molecule has 1 aromatic heterocycles. The Morgan fingerprint density at radius 1 is 1.47 bits per heavy atom. The van der Waals surface area contributed by atoms with Gasteiger partial charge in [0.05, 0.1) is 5.52 Å². The number of hydrogen-bond donors (Lipinski definition) is 0. The Bertz CT molecular complexity index is 604. The van der Waals surface area contributed by atoms with Crippen LogP contribution in [-0.4, -0.2) is 9.55 Å². The molecular formula is C13H13FN2O. The molecular weight excluding hydrogens is 219 g/mol. The molecule has 0 bridgehead atoms. The van der Waals surface area contributed by atoms with E-state index < -0.39 is 0 Å². The van der Waals surface area contributed by atoms with Gasteiger partial charge in [-0.3, -0.25) is 4.57 Å². The molecule has 0 aliphatic heterocycles. The number of hydrogen-bond acceptors (Lipinski definition) is 2. The maximum absolute atomic E-state index is 13.0. The van der Waals surface area contributed by atoms with E-state index in [1.54, 1.807) is 12.3 Å². The predicted molar refractivity (Wildman–Crippen MR) is 65.4 cm³/mol. The van der Waals surface area contributed by atoms with Gasteiger partial charge in [0.2, 0.25) is 0 Å². The van der Waals surface area contributed by atoms with Crippen LogP contribution in [0.1, 0.15) is 12.8 Å². The van der Waals surface area contributed by atoms with E-state index in [9.17, 15) is 9.18 Å². The van der Waals surface area contributed by atoms with Gasteiger partial charge in [0, 0.05) is 18.1 Å². The van der Waals surface area contributed by atoms with E-state index in [2.05, 4.69) is 11.6 Å². The highest BCUT2D eigenvalue weighted by Crippen LogP contribution is 2.11. The highest BCUT2D eigenvalue weighted by Gasteiger charge is 2.02. The molecule has 0 saturated carbocycles. The van der Waals surface area contributed by atoms with Gasteiger partial charge in [-0.2, -0.15) is 4.98 Å². The molecule has 0 N–H and O–H groups in total. The molecule has 1 aromatic carbocycles. The van der Waals surface area contributed by atoms with Gasteiger partial charge < -0.3 is 0 Å². The molecule has 0 amide bonds. The number of benzene rings is 1. The minimum atomic E-state index is -0.324. The average molecular weight is 232 g/mol. The first-order valence-corrected chi connectivity index (χ1v) is 5.48. The number of rotatable bonds is 4. The zero-order valence-corrected chi connectivity index (χ0v) is 9.40. The van der Waals surface area contributed by atoms with Crippen molar-refractivity contribution >= 4 is 10.9 Å². The Labute approximate surface area is 98.2 Å². The monoisotopic (exact) mass is 232 g/mol. The first-order chi connectivity index (χ1) is 8.20. The molecule has 0 unspecified atom stereocenters. The summed E-state index contributed by atoms with van der Waals surface area (Å²) in [5.41, 5.74) is 0.226. The van der Waals surface area contributed by atoms with Gasteiger partial charge in [-0.25, -0.2) is 9.18 Å². The summed E-state index contributed by atoms with van der Waals surface area (Å²) in [7, 11) is 0. The van der Waals surface area contributed by atoms with Crippen molar-refractivity contribution < 1.29 is 4.39 Å². The second-order valence-electron chi connectivity index (χ2n) is 3.85. The molecule has 0 aliphatic carbocycles. The summed E-state index contributed by atoms with van der Waals surface area (Å²) in [6.07, 6.45) is 5.12. The molecule has 0 aliphatic rings. The SMILES string of the molecule is C=CCCCn1cc2cc(F)ccc2nc1=O. The van der Waals surface area contributed by atoms with Crippen molar-refractivity contribution in [2.24, 2.45) is 0 Å². The van der Waals surface area contributed by atoms with E-state index in [-0.39, 0.29) is 11.5 Å². The van der Waals surface area contributed by atoms with Crippen LogP contribution in [0.15, 0.2) is 41.8 Å². The molecule has 0 fully saturated rings. The second-order valence-corrected chi connectivity index (χ2v) is 3.85. The number of nitrogens with zero attached hydrogens (tertiary/aromatic N) is 2. The van der Waals surface area contributed by atoms with Crippen molar-refractivity contribution in [1.82, 2.24) is 9.55 Å². The lowest BCUT2D eigenvalue weighted by atomic mass is 10.2. The predicted octanol–water partition coefficient (Wildman–Crippen LogP) is 2.50. The van der Waals surface area contributed by atoms with Crippen LogP contribution in [0.3, 0.4) is 0 Å². The topological polar surface area (TPSA) is 34.9 Å². The van der Waals surface area contributed by atoms with E-state index in [1.807, 2.05) is 0 Å². The Balaban J connectivity index is 2.39. The lowest BCUT2D eigenvalue weighted by molar-refractivity contribution is 0.615. The number of halogens is 1. The standard InChI is InChI=1S/C13H13FN2O/c1-2-3-4-7-16-9-10-8-11(14)5-6-12(10)15-13(16)17/h2,5-6,8-9H,1,3-4,7H2. The highest BCUT2D eigenvalue weighted by atomic mass is 19.1. The fourth-order valence-electron chi connectivity index (χ4n) is 1.69. The van der Waals surface area contributed by atoms with Gasteiger partial charge in [-0.1, -0.05) is 6.08 Å². The number of aromatic nitrogens is 2. The van der Waals surface area contributed by atoms with Crippen molar-refractivity contribution in [3.63, 3.8) is 0 Å².